The molecule has 1 N–H and O–H groups in total. The summed E-state index contributed by atoms with van der Waals surface area (Å²) in [5, 5.41) is 14.5. The molecule has 0 radical (unpaired) electrons. The molecule has 102 valence electrons. The zero-order valence-electron chi connectivity index (χ0n) is 11.6. The Morgan fingerprint density at radius 1 is 1.32 bits per heavy atom. The van der Waals surface area contributed by atoms with Crippen molar-refractivity contribution in [1.82, 2.24) is 9.78 Å². The molecule has 1 aromatic carbocycles. The molecule has 0 amide bonds. The molecular weight excluding hydrogens is 260 g/mol. The van der Waals surface area contributed by atoms with Crippen molar-refractivity contribution < 1.29 is 5.11 Å². The molecule has 4 heteroatoms. The summed E-state index contributed by atoms with van der Waals surface area (Å²) in [5.74, 6) is 0. The number of nitrogens with zero attached hydrogens (tertiary/aromatic N) is 2. The highest BCUT2D eigenvalue weighted by molar-refractivity contribution is 6.30. The molecule has 2 rings (SSSR count). The summed E-state index contributed by atoms with van der Waals surface area (Å²) in [5.41, 5.74) is 4.92. The van der Waals surface area contributed by atoms with Gasteiger partial charge in [-0.15, -0.1) is 0 Å². The average molecular weight is 279 g/mol. The van der Waals surface area contributed by atoms with Gasteiger partial charge >= 0.3 is 0 Å². The van der Waals surface area contributed by atoms with Crippen LogP contribution in [-0.4, -0.2) is 14.9 Å². The predicted octanol–water partition coefficient (Wildman–Crippen LogP) is 3.59. The van der Waals surface area contributed by atoms with Crippen molar-refractivity contribution in [1.29, 1.82) is 0 Å². The Labute approximate surface area is 118 Å². The summed E-state index contributed by atoms with van der Waals surface area (Å²) in [6.07, 6.45) is 1.81. The lowest BCUT2D eigenvalue weighted by molar-refractivity contribution is 0.280. The standard InChI is InChI=1S/C15H19ClN2O/c1-4-5-13-12(9-19)15(16)18(17-13)14-7-6-10(2)8-11(14)3/h6-8,19H,4-5,9H2,1-3H3. The molecule has 19 heavy (non-hydrogen) atoms. The summed E-state index contributed by atoms with van der Waals surface area (Å²) in [7, 11) is 0. The van der Waals surface area contributed by atoms with Gasteiger partial charge in [-0.05, 0) is 31.9 Å². The normalized spacial score (nSPS) is 11.0. The quantitative estimate of drug-likeness (QED) is 0.928. The number of aryl methyl sites for hydroxylation is 3. The maximum atomic E-state index is 9.46. The van der Waals surface area contributed by atoms with Gasteiger partial charge in [0.25, 0.3) is 0 Å². The summed E-state index contributed by atoms with van der Waals surface area (Å²) >= 11 is 6.35. The largest absolute Gasteiger partial charge is 0.391 e. The van der Waals surface area contributed by atoms with Gasteiger partial charge in [0.05, 0.1) is 18.0 Å². The molecule has 0 saturated carbocycles. The molecule has 0 spiro atoms. The van der Waals surface area contributed by atoms with Gasteiger partial charge in [-0.25, -0.2) is 4.68 Å². The highest BCUT2D eigenvalue weighted by Crippen LogP contribution is 2.26. The molecule has 0 aliphatic rings. The minimum absolute atomic E-state index is 0.0704. The van der Waals surface area contributed by atoms with E-state index in [0.717, 1.165) is 35.3 Å². The Balaban J connectivity index is 2.56. The monoisotopic (exact) mass is 278 g/mol. The van der Waals surface area contributed by atoms with E-state index in [1.807, 2.05) is 19.1 Å². The third kappa shape index (κ3) is 2.67. The van der Waals surface area contributed by atoms with Crippen LogP contribution >= 0.6 is 11.6 Å². The number of aliphatic hydroxyl groups excluding tert-OH is 1. The Hall–Kier alpha value is -1.32. The molecule has 0 aliphatic heterocycles. The van der Waals surface area contributed by atoms with E-state index in [0.29, 0.717) is 5.15 Å². The Bertz CT molecular complexity index is 590. The number of aliphatic hydroxyl groups is 1. The van der Waals surface area contributed by atoms with Crippen LogP contribution in [0.3, 0.4) is 0 Å². The molecular formula is C15H19ClN2O. The van der Waals surface area contributed by atoms with Gasteiger partial charge in [-0.2, -0.15) is 5.10 Å². The molecule has 1 aromatic heterocycles. The lowest BCUT2D eigenvalue weighted by Crippen LogP contribution is -2.00. The number of hydrogen-bond acceptors (Lipinski definition) is 2. The van der Waals surface area contributed by atoms with Gasteiger partial charge in [0.1, 0.15) is 5.15 Å². The fourth-order valence-corrected chi connectivity index (χ4v) is 2.57. The third-order valence-corrected chi connectivity index (χ3v) is 3.62. The van der Waals surface area contributed by atoms with Gasteiger partial charge in [-0.1, -0.05) is 42.6 Å². The molecule has 0 aliphatic carbocycles. The van der Waals surface area contributed by atoms with Crippen LogP contribution in [0.5, 0.6) is 0 Å². The van der Waals surface area contributed by atoms with Crippen LogP contribution in [-0.2, 0) is 13.0 Å². The van der Waals surface area contributed by atoms with Crippen LogP contribution in [0.25, 0.3) is 5.69 Å². The minimum atomic E-state index is -0.0704. The number of aromatic nitrogens is 2. The lowest BCUT2D eigenvalue weighted by atomic mass is 10.1. The first-order valence-corrected chi connectivity index (χ1v) is 6.91. The SMILES string of the molecule is CCCc1nn(-c2ccc(C)cc2C)c(Cl)c1CO. The third-order valence-electron chi connectivity index (χ3n) is 3.23. The minimum Gasteiger partial charge on any atom is -0.391 e. The first-order chi connectivity index (χ1) is 9.08. The van der Waals surface area contributed by atoms with Crippen molar-refractivity contribution in [3.05, 3.63) is 45.7 Å². The van der Waals surface area contributed by atoms with E-state index in [9.17, 15) is 5.11 Å². The summed E-state index contributed by atoms with van der Waals surface area (Å²) < 4.78 is 1.73. The van der Waals surface area contributed by atoms with Crippen molar-refractivity contribution >= 4 is 11.6 Å². The predicted molar refractivity (Wildman–Crippen MR) is 78.0 cm³/mol. The second-order valence-corrected chi connectivity index (χ2v) is 5.18. The molecule has 0 saturated heterocycles. The van der Waals surface area contributed by atoms with Crippen molar-refractivity contribution in [2.75, 3.05) is 0 Å². The molecule has 2 aromatic rings. The van der Waals surface area contributed by atoms with Crippen molar-refractivity contribution in [3.8, 4) is 5.69 Å². The maximum Gasteiger partial charge on any atom is 0.138 e. The number of halogens is 1. The summed E-state index contributed by atoms with van der Waals surface area (Å²) in [4.78, 5) is 0. The highest BCUT2D eigenvalue weighted by atomic mass is 35.5. The maximum absolute atomic E-state index is 9.46. The fraction of sp³-hybridized carbons (Fsp3) is 0.400. The van der Waals surface area contributed by atoms with Crippen molar-refractivity contribution in [2.24, 2.45) is 0 Å². The first-order valence-electron chi connectivity index (χ1n) is 6.53. The van der Waals surface area contributed by atoms with Crippen LogP contribution in [0.1, 0.15) is 35.7 Å². The van der Waals surface area contributed by atoms with Crippen LogP contribution in [0.4, 0.5) is 0 Å². The molecule has 0 atom stereocenters. The second-order valence-electron chi connectivity index (χ2n) is 4.83. The van der Waals surface area contributed by atoms with Crippen LogP contribution in [0, 0.1) is 13.8 Å². The van der Waals surface area contributed by atoms with Gasteiger partial charge < -0.3 is 5.11 Å². The zero-order valence-corrected chi connectivity index (χ0v) is 12.3. The lowest BCUT2D eigenvalue weighted by Gasteiger charge is -2.08. The van der Waals surface area contributed by atoms with Crippen molar-refractivity contribution in [3.63, 3.8) is 0 Å². The van der Waals surface area contributed by atoms with Crippen LogP contribution in [0.15, 0.2) is 18.2 Å². The van der Waals surface area contributed by atoms with Gasteiger partial charge in [0.2, 0.25) is 0 Å². The summed E-state index contributed by atoms with van der Waals surface area (Å²) in [6.45, 7) is 6.12. The van der Waals surface area contributed by atoms with E-state index in [2.05, 4.69) is 25.0 Å². The van der Waals surface area contributed by atoms with Crippen LogP contribution < -0.4 is 0 Å². The Morgan fingerprint density at radius 2 is 2.05 bits per heavy atom. The van der Waals surface area contributed by atoms with Gasteiger partial charge in [0, 0.05) is 5.56 Å². The molecule has 0 unspecified atom stereocenters. The zero-order chi connectivity index (χ0) is 14.0. The number of rotatable bonds is 4. The average Bonchev–Trinajstić information content (AvgIpc) is 2.66. The smallest absolute Gasteiger partial charge is 0.138 e. The van der Waals surface area contributed by atoms with E-state index in [4.69, 9.17) is 11.6 Å². The van der Waals surface area contributed by atoms with Crippen molar-refractivity contribution in [2.45, 2.75) is 40.2 Å². The van der Waals surface area contributed by atoms with E-state index in [1.54, 1.807) is 4.68 Å². The van der Waals surface area contributed by atoms with Gasteiger partial charge in [0.15, 0.2) is 0 Å². The van der Waals surface area contributed by atoms with E-state index in [1.165, 1.54) is 5.56 Å². The summed E-state index contributed by atoms with van der Waals surface area (Å²) in [6, 6.07) is 6.16. The van der Waals surface area contributed by atoms with E-state index >= 15 is 0 Å². The topological polar surface area (TPSA) is 38.0 Å². The first kappa shape index (κ1) is 14.1. The Morgan fingerprint density at radius 3 is 2.63 bits per heavy atom. The van der Waals surface area contributed by atoms with E-state index in [-0.39, 0.29) is 6.61 Å². The molecule has 0 fully saturated rings. The van der Waals surface area contributed by atoms with Gasteiger partial charge in [-0.3, -0.25) is 0 Å². The van der Waals surface area contributed by atoms with Crippen LogP contribution in [0.2, 0.25) is 5.15 Å². The fourth-order valence-electron chi connectivity index (χ4n) is 2.27. The van der Waals surface area contributed by atoms with E-state index < -0.39 is 0 Å². The number of benzene rings is 1. The number of hydrogen-bond donors (Lipinski definition) is 1. The Kier molecular flexibility index (Phi) is 4.27. The molecule has 0 bridgehead atoms. The molecule has 3 nitrogen and oxygen atoms in total. The second kappa shape index (κ2) is 5.76. The molecule has 1 heterocycles. The highest BCUT2D eigenvalue weighted by Gasteiger charge is 2.17.